The van der Waals surface area contributed by atoms with Crippen molar-refractivity contribution in [2.24, 2.45) is 0 Å². The zero-order valence-electron chi connectivity index (χ0n) is 13.9. The third kappa shape index (κ3) is 5.41. The number of carbonyl (C=O) groups excluding carboxylic acids is 1. The van der Waals surface area contributed by atoms with Crippen molar-refractivity contribution < 1.29 is 22.7 Å². The van der Waals surface area contributed by atoms with Gasteiger partial charge in [-0.05, 0) is 56.3 Å². The van der Waals surface area contributed by atoms with Gasteiger partial charge in [-0.15, -0.1) is 0 Å². The van der Waals surface area contributed by atoms with Crippen LogP contribution < -0.4 is 15.4 Å². The number of carbonyl (C=O) groups is 1. The van der Waals surface area contributed by atoms with E-state index in [1.807, 2.05) is 6.92 Å². The Balaban J connectivity index is 1.98. The predicted octanol–water partition coefficient (Wildman–Crippen LogP) is 4.54. The standard InChI is InChI=1S/C18H19F3N2O2/c1-3-25-16-9-7-14(8-10-16)22-12(2)17(24)23-15-6-4-5-13(11-15)18(19,20)21/h4-12,22H,3H2,1-2H3,(H,23,24). The molecule has 2 N–H and O–H groups in total. The third-order valence-corrected chi connectivity index (χ3v) is 3.40. The van der Waals surface area contributed by atoms with Crippen LogP contribution >= 0.6 is 0 Å². The van der Waals surface area contributed by atoms with Crippen LogP contribution in [0.5, 0.6) is 5.75 Å². The van der Waals surface area contributed by atoms with Gasteiger partial charge in [0.15, 0.2) is 0 Å². The molecule has 0 saturated carbocycles. The number of hydrogen-bond acceptors (Lipinski definition) is 3. The zero-order valence-corrected chi connectivity index (χ0v) is 13.9. The van der Waals surface area contributed by atoms with Crippen molar-refractivity contribution in [3.05, 3.63) is 54.1 Å². The molecule has 2 aromatic rings. The van der Waals surface area contributed by atoms with Crippen LogP contribution in [0.2, 0.25) is 0 Å². The van der Waals surface area contributed by atoms with Crippen LogP contribution in [-0.2, 0) is 11.0 Å². The van der Waals surface area contributed by atoms with Crippen LogP contribution in [0, 0.1) is 0 Å². The Morgan fingerprint density at radius 2 is 1.80 bits per heavy atom. The smallest absolute Gasteiger partial charge is 0.416 e. The lowest BCUT2D eigenvalue weighted by Crippen LogP contribution is -2.31. The second-order valence-electron chi connectivity index (χ2n) is 5.39. The SMILES string of the molecule is CCOc1ccc(NC(C)C(=O)Nc2cccc(C(F)(F)F)c2)cc1. The van der Waals surface area contributed by atoms with Gasteiger partial charge in [0.25, 0.3) is 0 Å². The Hall–Kier alpha value is -2.70. The highest BCUT2D eigenvalue weighted by Crippen LogP contribution is 2.30. The van der Waals surface area contributed by atoms with Gasteiger partial charge in [-0.3, -0.25) is 4.79 Å². The van der Waals surface area contributed by atoms with Crippen LogP contribution in [0.25, 0.3) is 0 Å². The number of rotatable bonds is 6. The van der Waals surface area contributed by atoms with E-state index < -0.39 is 23.7 Å². The zero-order chi connectivity index (χ0) is 18.4. The molecule has 0 aliphatic rings. The van der Waals surface area contributed by atoms with E-state index in [0.29, 0.717) is 18.0 Å². The Morgan fingerprint density at radius 1 is 1.12 bits per heavy atom. The van der Waals surface area contributed by atoms with E-state index in [-0.39, 0.29) is 5.69 Å². The molecule has 0 aliphatic carbocycles. The molecule has 0 fully saturated rings. The number of ether oxygens (including phenoxy) is 1. The van der Waals surface area contributed by atoms with E-state index in [1.54, 1.807) is 31.2 Å². The highest BCUT2D eigenvalue weighted by molar-refractivity contribution is 5.96. The van der Waals surface area contributed by atoms with Gasteiger partial charge in [0, 0.05) is 11.4 Å². The first-order valence-corrected chi connectivity index (χ1v) is 7.77. The van der Waals surface area contributed by atoms with E-state index >= 15 is 0 Å². The maximum absolute atomic E-state index is 12.7. The maximum Gasteiger partial charge on any atom is 0.416 e. The van der Waals surface area contributed by atoms with Crippen molar-refractivity contribution in [3.8, 4) is 5.75 Å². The number of benzene rings is 2. The van der Waals surface area contributed by atoms with Crippen LogP contribution in [-0.4, -0.2) is 18.6 Å². The van der Waals surface area contributed by atoms with Gasteiger partial charge in [0.2, 0.25) is 5.91 Å². The quantitative estimate of drug-likeness (QED) is 0.802. The normalized spacial score (nSPS) is 12.4. The third-order valence-electron chi connectivity index (χ3n) is 3.40. The molecule has 25 heavy (non-hydrogen) atoms. The fraction of sp³-hybridized carbons (Fsp3) is 0.278. The second-order valence-corrected chi connectivity index (χ2v) is 5.39. The first-order valence-electron chi connectivity index (χ1n) is 7.77. The van der Waals surface area contributed by atoms with E-state index in [4.69, 9.17) is 4.74 Å². The summed E-state index contributed by atoms with van der Waals surface area (Å²) in [5.41, 5.74) is -0.00672. The van der Waals surface area contributed by atoms with Crippen LogP contribution in [0.3, 0.4) is 0 Å². The molecule has 0 saturated heterocycles. The van der Waals surface area contributed by atoms with E-state index in [2.05, 4.69) is 10.6 Å². The minimum atomic E-state index is -4.45. The van der Waals surface area contributed by atoms with Crippen molar-refractivity contribution in [2.45, 2.75) is 26.1 Å². The molecular formula is C18H19F3N2O2. The molecule has 0 aromatic heterocycles. The molecule has 0 heterocycles. The van der Waals surface area contributed by atoms with Crippen LogP contribution in [0.1, 0.15) is 19.4 Å². The Morgan fingerprint density at radius 3 is 2.40 bits per heavy atom. The molecule has 2 rings (SSSR count). The summed E-state index contributed by atoms with van der Waals surface area (Å²) in [6.45, 7) is 4.06. The lowest BCUT2D eigenvalue weighted by molar-refractivity contribution is -0.137. The maximum atomic E-state index is 12.7. The number of anilines is 2. The molecule has 0 spiro atoms. The number of hydrogen-bond donors (Lipinski definition) is 2. The van der Waals surface area contributed by atoms with Gasteiger partial charge < -0.3 is 15.4 Å². The van der Waals surface area contributed by atoms with Gasteiger partial charge in [-0.1, -0.05) is 6.07 Å². The van der Waals surface area contributed by atoms with Crippen LogP contribution in [0.15, 0.2) is 48.5 Å². The van der Waals surface area contributed by atoms with E-state index in [1.165, 1.54) is 12.1 Å². The van der Waals surface area contributed by atoms with Crippen LogP contribution in [0.4, 0.5) is 24.5 Å². The first-order chi connectivity index (χ1) is 11.8. The summed E-state index contributed by atoms with van der Waals surface area (Å²) in [6.07, 6.45) is -4.45. The minimum absolute atomic E-state index is 0.0974. The summed E-state index contributed by atoms with van der Waals surface area (Å²) in [6, 6.07) is 11.0. The lowest BCUT2D eigenvalue weighted by Gasteiger charge is -2.16. The molecule has 2 aromatic carbocycles. The molecule has 7 heteroatoms. The molecule has 1 amide bonds. The Bertz CT molecular complexity index is 715. The number of alkyl halides is 3. The monoisotopic (exact) mass is 352 g/mol. The first kappa shape index (κ1) is 18.6. The Labute approximate surface area is 144 Å². The van der Waals surface area contributed by atoms with Crippen molar-refractivity contribution in [3.63, 3.8) is 0 Å². The number of halogens is 3. The molecule has 1 unspecified atom stereocenters. The number of nitrogens with one attached hydrogen (secondary N) is 2. The van der Waals surface area contributed by atoms with Crippen molar-refractivity contribution >= 4 is 17.3 Å². The summed E-state index contributed by atoms with van der Waals surface area (Å²) in [4.78, 5) is 12.2. The summed E-state index contributed by atoms with van der Waals surface area (Å²) in [5.74, 6) is 0.280. The fourth-order valence-electron chi connectivity index (χ4n) is 2.15. The average molecular weight is 352 g/mol. The van der Waals surface area contributed by atoms with Crippen molar-refractivity contribution in [1.82, 2.24) is 0 Å². The average Bonchev–Trinajstić information content (AvgIpc) is 2.56. The van der Waals surface area contributed by atoms with Gasteiger partial charge in [0.05, 0.1) is 12.2 Å². The van der Waals surface area contributed by atoms with Gasteiger partial charge in [-0.25, -0.2) is 0 Å². The Kier molecular flexibility index (Phi) is 5.90. The second kappa shape index (κ2) is 7.92. The van der Waals surface area contributed by atoms with Gasteiger partial charge in [-0.2, -0.15) is 13.2 Å². The molecule has 134 valence electrons. The van der Waals surface area contributed by atoms with E-state index in [0.717, 1.165) is 12.1 Å². The highest BCUT2D eigenvalue weighted by atomic mass is 19.4. The van der Waals surface area contributed by atoms with Crippen molar-refractivity contribution in [2.75, 3.05) is 17.2 Å². The fourth-order valence-corrected chi connectivity index (χ4v) is 2.15. The molecule has 4 nitrogen and oxygen atoms in total. The molecule has 1 atom stereocenters. The van der Waals surface area contributed by atoms with E-state index in [9.17, 15) is 18.0 Å². The highest BCUT2D eigenvalue weighted by Gasteiger charge is 2.30. The topological polar surface area (TPSA) is 50.4 Å². The summed E-state index contributed by atoms with van der Waals surface area (Å²) in [7, 11) is 0. The summed E-state index contributed by atoms with van der Waals surface area (Å²) < 4.78 is 43.4. The minimum Gasteiger partial charge on any atom is -0.494 e. The predicted molar refractivity (Wildman–Crippen MR) is 90.8 cm³/mol. The van der Waals surface area contributed by atoms with Gasteiger partial charge in [0.1, 0.15) is 11.8 Å². The largest absolute Gasteiger partial charge is 0.494 e. The summed E-state index contributed by atoms with van der Waals surface area (Å²) >= 11 is 0. The summed E-state index contributed by atoms with van der Waals surface area (Å²) in [5, 5.41) is 5.47. The molecule has 0 radical (unpaired) electrons. The van der Waals surface area contributed by atoms with Crippen molar-refractivity contribution in [1.29, 1.82) is 0 Å². The molecule has 0 aliphatic heterocycles. The molecule has 0 bridgehead atoms. The van der Waals surface area contributed by atoms with Gasteiger partial charge >= 0.3 is 6.18 Å². The lowest BCUT2D eigenvalue weighted by atomic mass is 10.2. The molecular weight excluding hydrogens is 333 g/mol. The number of amides is 1.